The first-order chi connectivity index (χ1) is 8.87. The van der Waals surface area contributed by atoms with Crippen LogP contribution in [0.1, 0.15) is 19.4 Å². The van der Waals surface area contributed by atoms with Crippen LogP contribution in [0.15, 0.2) is 40.9 Å². The third-order valence-corrected chi connectivity index (χ3v) is 4.66. The lowest BCUT2D eigenvalue weighted by molar-refractivity contribution is 0.146. The summed E-state index contributed by atoms with van der Waals surface area (Å²) < 4.78 is 30.6. The second-order valence-corrected chi connectivity index (χ2v) is 6.11. The van der Waals surface area contributed by atoms with Gasteiger partial charge in [-0.05, 0) is 32.9 Å². The first-order valence-electron chi connectivity index (χ1n) is 5.86. The minimum Gasteiger partial charge on any atom is -0.439 e. The quantitative estimate of drug-likeness (QED) is 0.835. The first-order valence-corrected chi connectivity index (χ1v) is 7.30. The molecule has 1 heterocycles. The lowest BCUT2D eigenvalue weighted by Gasteiger charge is -2.15. The summed E-state index contributed by atoms with van der Waals surface area (Å²) in [6, 6.07) is 6.34. The number of carbonyl (C=O) groups is 1. The lowest BCUT2D eigenvalue weighted by Crippen LogP contribution is -2.30. The van der Waals surface area contributed by atoms with Crippen molar-refractivity contribution >= 4 is 16.1 Å². The van der Waals surface area contributed by atoms with Crippen molar-refractivity contribution in [3.05, 3.63) is 41.6 Å². The van der Waals surface area contributed by atoms with Gasteiger partial charge in [0.2, 0.25) is 0 Å². The number of allylic oxidation sites excluding steroid dienone is 1. The Bertz CT molecular complexity index is 631. The van der Waals surface area contributed by atoms with E-state index in [-0.39, 0.29) is 4.90 Å². The van der Waals surface area contributed by atoms with Gasteiger partial charge in [-0.3, -0.25) is 0 Å². The van der Waals surface area contributed by atoms with E-state index in [0.29, 0.717) is 5.70 Å². The fourth-order valence-electron chi connectivity index (χ4n) is 1.93. The van der Waals surface area contributed by atoms with Crippen LogP contribution in [0, 0.1) is 6.92 Å². The molecule has 1 unspecified atom stereocenters. The van der Waals surface area contributed by atoms with Gasteiger partial charge in [0, 0.05) is 0 Å². The minimum atomic E-state index is -3.91. The lowest BCUT2D eigenvalue weighted by atomic mass is 10.2. The molecule has 1 aromatic rings. The number of cyclic esters (lactones) is 1. The number of hydrogen-bond acceptors (Lipinski definition) is 4. The first kappa shape index (κ1) is 13.6. The van der Waals surface area contributed by atoms with E-state index in [0.717, 1.165) is 9.87 Å². The number of hydrogen-bond donors (Lipinski definition) is 0. The number of nitrogens with zero attached hydrogens (tertiary/aromatic N) is 1. The number of ether oxygens (including phenoxy) is 1. The molecule has 0 N–H and O–H groups in total. The maximum atomic E-state index is 12.5. The van der Waals surface area contributed by atoms with Crippen molar-refractivity contribution in [2.24, 2.45) is 0 Å². The molecule has 6 heteroatoms. The second kappa shape index (κ2) is 4.70. The van der Waals surface area contributed by atoms with Crippen LogP contribution in [-0.4, -0.2) is 24.9 Å². The summed E-state index contributed by atoms with van der Waals surface area (Å²) in [7, 11) is -3.91. The molecular weight excluding hydrogens is 266 g/mol. The summed E-state index contributed by atoms with van der Waals surface area (Å²) >= 11 is 0. The Labute approximate surface area is 112 Å². The predicted molar refractivity (Wildman–Crippen MR) is 69.9 cm³/mol. The molecule has 1 aliphatic rings. The van der Waals surface area contributed by atoms with Crippen molar-refractivity contribution in [1.29, 1.82) is 0 Å². The van der Waals surface area contributed by atoms with Gasteiger partial charge in [-0.25, -0.2) is 13.2 Å². The zero-order valence-corrected chi connectivity index (χ0v) is 11.8. The SMILES string of the molecule is C/C=C1/C(C)OC(=O)N1S(=O)(=O)c1ccc(C)cc1. The molecule has 0 bridgehead atoms. The van der Waals surface area contributed by atoms with Crippen LogP contribution in [0.3, 0.4) is 0 Å². The van der Waals surface area contributed by atoms with Gasteiger partial charge in [-0.15, -0.1) is 0 Å². The second-order valence-electron chi connectivity index (χ2n) is 4.32. The molecule has 1 atom stereocenters. The molecule has 19 heavy (non-hydrogen) atoms. The van der Waals surface area contributed by atoms with Gasteiger partial charge >= 0.3 is 6.09 Å². The molecule has 0 radical (unpaired) electrons. The largest absolute Gasteiger partial charge is 0.439 e. The van der Waals surface area contributed by atoms with E-state index in [2.05, 4.69) is 0 Å². The van der Waals surface area contributed by atoms with Crippen LogP contribution in [0.25, 0.3) is 0 Å². The molecule has 0 spiro atoms. The van der Waals surface area contributed by atoms with Crippen LogP contribution in [0.5, 0.6) is 0 Å². The van der Waals surface area contributed by atoms with Crippen LogP contribution in [0.4, 0.5) is 4.79 Å². The van der Waals surface area contributed by atoms with Gasteiger partial charge in [0.1, 0.15) is 6.10 Å². The van der Waals surface area contributed by atoms with E-state index in [1.165, 1.54) is 12.1 Å². The van der Waals surface area contributed by atoms with Crippen molar-refractivity contribution in [3.8, 4) is 0 Å². The molecule has 1 amide bonds. The van der Waals surface area contributed by atoms with E-state index in [1.807, 2.05) is 6.92 Å². The van der Waals surface area contributed by atoms with Crippen LogP contribution in [0.2, 0.25) is 0 Å². The van der Waals surface area contributed by atoms with Crippen LogP contribution in [-0.2, 0) is 14.8 Å². The smallest absolute Gasteiger partial charge is 0.429 e. The summed E-state index contributed by atoms with van der Waals surface area (Å²) in [5.41, 5.74) is 1.29. The molecule has 102 valence electrons. The van der Waals surface area contributed by atoms with Gasteiger partial charge in [0.05, 0.1) is 10.6 Å². The van der Waals surface area contributed by atoms with Crippen molar-refractivity contribution in [3.63, 3.8) is 0 Å². The van der Waals surface area contributed by atoms with Crippen molar-refractivity contribution in [2.75, 3.05) is 0 Å². The normalized spacial score (nSPS) is 21.8. The maximum absolute atomic E-state index is 12.5. The molecule has 1 aliphatic heterocycles. The fourth-order valence-corrected chi connectivity index (χ4v) is 3.40. The summed E-state index contributed by atoms with van der Waals surface area (Å²) in [4.78, 5) is 11.8. The van der Waals surface area contributed by atoms with Gasteiger partial charge < -0.3 is 4.74 Å². The Balaban J connectivity index is 2.50. The molecule has 2 rings (SSSR count). The zero-order chi connectivity index (χ0) is 14.2. The highest BCUT2D eigenvalue weighted by Crippen LogP contribution is 2.30. The van der Waals surface area contributed by atoms with Gasteiger partial charge in [-0.1, -0.05) is 23.8 Å². The number of carbonyl (C=O) groups excluding carboxylic acids is 1. The third kappa shape index (κ3) is 2.23. The van der Waals surface area contributed by atoms with Crippen LogP contribution < -0.4 is 0 Å². The number of sulfonamides is 1. The predicted octanol–water partition coefficient (Wildman–Crippen LogP) is 2.43. The Morgan fingerprint density at radius 3 is 2.37 bits per heavy atom. The zero-order valence-electron chi connectivity index (χ0n) is 11.0. The number of amides is 1. The summed E-state index contributed by atoms with van der Waals surface area (Å²) in [5, 5.41) is 0. The monoisotopic (exact) mass is 281 g/mol. The van der Waals surface area contributed by atoms with Gasteiger partial charge in [-0.2, -0.15) is 4.31 Å². The third-order valence-electron chi connectivity index (χ3n) is 2.95. The Hall–Kier alpha value is -1.82. The maximum Gasteiger partial charge on any atom is 0.429 e. The Morgan fingerprint density at radius 2 is 1.84 bits per heavy atom. The number of rotatable bonds is 2. The molecule has 0 aliphatic carbocycles. The van der Waals surface area contributed by atoms with Gasteiger partial charge in [0.25, 0.3) is 10.0 Å². The molecule has 0 saturated carbocycles. The van der Waals surface area contributed by atoms with Crippen molar-refractivity contribution < 1.29 is 17.9 Å². The molecule has 1 aromatic carbocycles. The van der Waals surface area contributed by atoms with E-state index in [4.69, 9.17) is 4.74 Å². The van der Waals surface area contributed by atoms with Crippen molar-refractivity contribution in [1.82, 2.24) is 4.31 Å². The molecule has 0 aromatic heterocycles. The minimum absolute atomic E-state index is 0.0727. The number of aryl methyl sites for hydroxylation is 1. The summed E-state index contributed by atoms with van der Waals surface area (Å²) in [6.07, 6.45) is 0.153. The molecule has 1 saturated heterocycles. The Morgan fingerprint density at radius 1 is 1.26 bits per heavy atom. The molecule has 1 fully saturated rings. The average molecular weight is 281 g/mol. The highest BCUT2D eigenvalue weighted by atomic mass is 32.2. The van der Waals surface area contributed by atoms with Gasteiger partial charge in [0.15, 0.2) is 0 Å². The Kier molecular flexibility index (Phi) is 3.36. The highest BCUT2D eigenvalue weighted by Gasteiger charge is 2.42. The topological polar surface area (TPSA) is 63.7 Å². The van der Waals surface area contributed by atoms with E-state index in [9.17, 15) is 13.2 Å². The fraction of sp³-hybridized carbons (Fsp3) is 0.308. The average Bonchev–Trinajstić information content (AvgIpc) is 2.64. The summed E-state index contributed by atoms with van der Waals surface area (Å²) in [5.74, 6) is 0. The molecular formula is C13H15NO4S. The van der Waals surface area contributed by atoms with Crippen LogP contribution >= 0.6 is 0 Å². The highest BCUT2D eigenvalue weighted by molar-refractivity contribution is 7.89. The molecule has 5 nitrogen and oxygen atoms in total. The summed E-state index contributed by atoms with van der Waals surface area (Å²) in [6.45, 7) is 5.17. The van der Waals surface area contributed by atoms with E-state index < -0.39 is 22.2 Å². The standard InChI is InChI=1S/C13H15NO4S/c1-4-12-10(3)18-13(15)14(12)19(16,17)11-7-5-9(2)6-8-11/h4-8,10H,1-3H3/b12-4-. The number of benzene rings is 1. The van der Waals surface area contributed by atoms with E-state index in [1.54, 1.807) is 32.1 Å². The van der Waals surface area contributed by atoms with Crippen molar-refractivity contribution in [2.45, 2.75) is 31.8 Å². The van der Waals surface area contributed by atoms with E-state index >= 15 is 0 Å².